The first-order chi connectivity index (χ1) is 15.2. The molecular weight excluding hydrogens is 452 g/mol. The van der Waals surface area contributed by atoms with Crippen molar-refractivity contribution in [1.29, 1.82) is 0 Å². The molecule has 1 aromatic carbocycles. The van der Waals surface area contributed by atoms with Crippen molar-refractivity contribution < 1.29 is 23.8 Å². The lowest BCUT2D eigenvalue weighted by molar-refractivity contribution is -0.141. The highest BCUT2D eigenvalue weighted by Gasteiger charge is 2.20. The summed E-state index contributed by atoms with van der Waals surface area (Å²) >= 11 is 2.75. The Bertz CT molecular complexity index is 1220. The molecule has 0 amide bonds. The van der Waals surface area contributed by atoms with Gasteiger partial charge in [0.05, 0.1) is 30.9 Å². The number of ether oxygens (including phenoxy) is 3. The monoisotopic (exact) mass is 476 g/mol. The second-order valence-corrected chi connectivity index (χ2v) is 9.56. The summed E-state index contributed by atoms with van der Waals surface area (Å²) < 4.78 is 15.5. The van der Waals surface area contributed by atoms with Gasteiger partial charge in [-0.25, -0.2) is 4.98 Å². The molecule has 1 atom stereocenters. The molecule has 1 N–H and O–H groups in total. The van der Waals surface area contributed by atoms with Gasteiger partial charge in [-0.05, 0) is 38.5 Å². The molecule has 8 nitrogen and oxygen atoms in total. The van der Waals surface area contributed by atoms with Crippen LogP contribution in [0, 0.1) is 13.8 Å². The first-order valence-electron chi connectivity index (χ1n) is 9.77. The smallest absolute Gasteiger partial charge is 0.319 e. The van der Waals surface area contributed by atoms with Crippen LogP contribution in [0.3, 0.4) is 0 Å². The number of aromatic nitrogens is 2. The zero-order valence-electron chi connectivity index (χ0n) is 18.4. The molecule has 10 heteroatoms. The summed E-state index contributed by atoms with van der Waals surface area (Å²) in [5.41, 5.74) is 1.06. The number of Topliss-reactive ketones (excluding diaryl/α,β-unsaturated/α-hetero) is 1. The fraction of sp³-hybridized carbons (Fsp3) is 0.364. The van der Waals surface area contributed by atoms with Crippen LogP contribution in [0.4, 0.5) is 0 Å². The van der Waals surface area contributed by atoms with E-state index in [1.165, 1.54) is 37.3 Å². The number of methoxy groups -OCH3 is 2. The van der Waals surface area contributed by atoms with Crippen LogP contribution in [0.25, 0.3) is 10.2 Å². The van der Waals surface area contributed by atoms with Gasteiger partial charge in [-0.2, -0.15) is 0 Å². The number of rotatable bonds is 9. The van der Waals surface area contributed by atoms with Gasteiger partial charge < -0.3 is 19.2 Å². The molecule has 170 valence electrons. The third-order valence-corrected chi connectivity index (χ3v) is 7.18. The van der Waals surface area contributed by atoms with Gasteiger partial charge in [-0.3, -0.25) is 14.4 Å². The highest BCUT2D eigenvalue weighted by Crippen LogP contribution is 2.27. The number of nitrogens with one attached hydrogen (secondary N) is 1. The highest BCUT2D eigenvalue weighted by atomic mass is 32.2. The Kier molecular flexibility index (Phi) is 7.57. The molecule has 0 aliphatic rings. The fourth-order valence-electron chi connectivity index (χ4n) is 3.00. The van der Waals surface area contributed by atoms with Crippen molar-refractivity contribution in [2.24, 2.45) is 0 Å². The molecule has 0 spiro atoms. The Morgan fingerprint density at radius 1 is 1.22 bits per heavy atom. The van der Waals surface area contributed by atoms with Gasteiger partial charge in [0.2, 0.25) is 5.78 Å². The maximum Gasteiger partial charge on any atom is 0.319 e. The largest absolute Gasteiger partial charge is 0.497 e. The van der Waals surface area contributed by atoms with Crippen LogP contribution in [0.5, 0.6) is 11.5 Å². The van der Waals surface area contributed by atoms with E-state index in [0.29, 0.717) is 38.9 Å². The molecule has 1 unspecified atom stereocenters. The van der Waals surface area contributed by atoms with E-state index in [9.17, 15) is 14.4 Å². The molecule has 0 fully saturated rings. The lowest BCUT2D eigenvalue weighted by atomic mass is 10.1. The van der Waals surface area contributed by atoms with Crippen molar-refractivity contribution in [1.82, 2.24) is 9.97 Å². The van der Waals surface area contributed by atoms with E-state index in [1.807, 2.05) is 13.8 Å². The number of aryl methyl sites for hydroxylation is 2. The van der Waals surface area contributed by atoms with Crippen LogP contribution in [0.1, 0.15) is 33.5 Å². The van der Waals surface area contributed by atoms with Gasteiger partial charge in [0.25, 0.3) is 5.56 Å². The molecule has 0 aliphatic heterocycles. The number of carbonyl (C=O) groups is 2. The molecule has 2 aromatic heterocycles. The van der Waals surface area contributed by atoms with Gasteiger partial charge in [0.15, 0.2) is 6.61 Å². The third kappa shape index (κ3) is 5.13. The van der Waals surface area contributed by atoms with Crippen molar-refractivity contribution in [2.75, 3.05) is 20.8 Å². The molecule has 3 rings (SSSR count). The van der Waals surface area contributed by atoms with Gasteiger partial charge in [0.1, 0.15) is 27.4 Å². The Balaban J connectivity index is 1.58. The lowest BCUT2D eigenvalue weighted by Crippen LogP contribution is -2.22. The number of nitrogens with zero attached hydrogens (tertiary/aromatic N) is 1. The van der Waals surface area contributed by atoms with Crippen LogP contribution in [-0.2, 0) is 15.3 Å². The van der Waals surface area contributed by atoms with E-state index in [1.54, 1.807) is 25.1 Å². The predicted molar refractivity (Wildman–Crippen MR) is 125 cm³/mol. The maximum absolute atomic E-state index is 12.5. The quantitative estimate of drug-likeness (QED) is 0.368. The first kappa shape index (κ1) is 23.8. The Hall–Kier alpha value is -2.85. The van der Waals surface area contributed by atoms with Gasteiger partial charge >= 0.3 is 5.97 Å². The molecule has 0 saturated heterocycles. The Morgan fingerprint density at radius 3 is 2.66 bits per heavy atom. The van der Waals surface area contributed by atoms with Crippen LogP contribution >= 0.6 is 23.1 Å². The minimum Gasteiger partial charge on any atom is -0.497 e. The third-order valence-electron chi connectivity index (χ3n) is 4.94. The summed E-state index contributed by atoms with van der Waals surface area (Å²) in [6.45, 7) is 5.14. The molecule has 0 bridgehead atoms. The van der Waals surface area contributed by atoms with E-state index in [4.69, 9.17) is 14.2 Å². The molecule has 0 aliphatic carbocycles. The minimum atomic E-state index is -0.548. The average molecular weight is 477 g/mol. The molecule has 0 saturated carbocycles. The predicted octanol–water partition coefficient (Wildman–Crippen LogP) is 3.67. The van der Waals surface area contributed by atoms with E-state index in [-0.39, 0.29) is 11.3 Å². The van der Waals surface area contributed by atoms with Crippen LogP contribution in [0.2, 0.25) is 0 Å². The summed E-state index contributed by atoms with van der Waals surface area (Å²) in [5.74, 6) is 0.817. The zero-order valence-corrected chi connectivity index (χ0v) is 20.1. The summed E-state index contributed by atoms with van der Waals surface area (Å²) in [6, 6.07) is 4.80. The second kappa shape index (κ2) is 10.2. The number of hydrogen-bond acceptors (Lipinski definition) is 9. The summed E-state index contributed by atoms with van der Waals surface area (Å²) in [6.07, 6.45) is 0. The minimum absolute atomic E-state index is 0.179. The number of benzene rings is 1. The standard InChI is InChI=1S/C22H24N2O6S2/c1-11-12(2)32-21-19(11)20(26)23-18(24-21)10-31-13(3)22(27)30-9-16(25)15-7-6-14(28-4)8-17(15)29-5/h6-8,13H,9-10H2,1-5H3,(H,23,24,26). The number of esters is 1. The number of fused-ring (bicyclic) bond motifs is 1. The van der Waals surface area contributed by atoms with Crippen LogP contribution in [-0.4, -0.2) is 47.8 Å². The molecule has 2 heterocycles. The number of carbonyl (C=O) groups excluding carboxylic acids is 2. The van der Waals surface area contributed by atoms with E-state index < -0.39 is 17.8 Å². The van der Waals surface area contributed by atoms with Crippen LogP contribution < -0.4 is 15.0 Å². The van der Waals surface area contributed by atoms with E-state index in [2.05, 4.69) is 9.97 Å². The zero-order chi connectivity index (χ0) is 23.4. The van der Waals surface area contributed by atoms with Gasteiger partial charge in [-0.15, -0.1) is 23.1 Å². The number of thioether (sulfide) groups is 1. The van der Waals surface area contributed by atoms with Crippen molar-refractivity contribution in [3.8, 4) is 11.5 Å². The van der Waals surface area contributed by atoms with Crippen LogP contribution in [0.15, 0.2) is 23.0 Å². The number of ketones is 1. The SMILES string of the molecule is COc1ccc(C(=O)COC(=O)C(C)SCc2nc3sc(C)c(C)c3c(=O)[nH]2)c(OC)c1. The summed E-state index contributed by atoms with van der Waals surface area (Å²) in [5, 5.41) is 0.0644. The first-order valence-corrected chi connectivity index (χ1v) is 11.6. The fourth-order valence-corrected chi connectivity index (χ4v) is 4.80. The number of thiophene rings is 1. The number of aromatic amines is 1. The summed E-state index contributed by atoms with van der Waals surface area (Å²) in [7, 11) is 2.97. The Labute approximate surface area is 193 Å². The highest BCUT2D eigenvalue weighted by molar-refractivity contribution is 7.99. The number of H-pyrrole nitrogens is 1. The average Bonchev–Trinajstić information content (AvgIpc) is 3.08. The Morgan fingerprint density at radius 2 is 1.97 bits per heavy atom. The van der Waals surface area contributed by atoms with Crippen molar-refractivity contribution in [3.63, 3.8) is 0 Å². The van der Waals surface area contributed by atoms with Crippen molar-refractivity contribution >= 4 is 45.1 Å². The number of hydrogen-bond donors (Lipinski definition) is 1. The molecule has 0 radical (unpaired) electrons. The molecule has 32 heavy (non-hydrogen) atoms. The normalized spacial score (nSPS) is 11.9. The molecular formula is C22H24N2O6S2. The molecule has 3 aromatic rings. The maximum atomic E-state index is 12.5. The summed E-state index contributed by atoms with van der Waals surface area (Å²) in [4.78, 5) is 46.2. The van der Waals surface area contributed by atoms with E-state index >= 15 is 0 Å². The van der Waals surface area contributed by atoms with Crippen molar-refractivity contribution in [2.45, 2.75) is 31.8 Å². The lowest BCUT2D eigenvalue weighted by Gasteiger charge is -2.12. The van der Waals surface area contributed by atoms with Crippen molar-refractivity contribution in [3.05, 3.63) is 50.4 Å². The van der Waals surface area contributed by atoms with Gasteiger partial charge in [0, 0.05) is 10.9 Å². The topological polar surface area (TPSA) is 108 Å². The second-order valence-electron chi connectivity index (χ2n) is 7.03. The van der Waals surface area contributed by atoms with E-state index in [0.717, 1.165) is 10.4 Å². The van der Waals surface area contributed by atoms with Gasteiger partial charge in [-0.1, -0.05) is 0 Å².